The van der Waals surface area contributed by atoms with E-state index in [9.17, 15) is 12.8 Å². The summed E-state index contributed by atoms with van der Waals surface area (Å²) in [4.78, 5) is 3.21. The van der Waals surface area contributed by atoms with Crippen molar-refractivity contribution < 1.29 is 12.8 Å². The first-order valence-electron chi connectivity index (χ1n) is 5.29. The van der Waals surface area contributed by atoms with E-state index in [-0.39, 0.29) is 21.0 Å². The fourth-order valence-electron chi connectivity index (χ4n) is 1.47. The minimum Gasteiger partial charge on any atom is -0.399 e. The lowest BCUT2D eigenvalue weighted by Crippen LogP contribution is -2.15. The van der Waals surface area contributed by atoms with Crippen LogP contribution in [0.15, 0.2) is 38.2 Å². The zero-order valence-electron chi connectivity index (χ0n) is 10.1. The summed E-state index contributed by atoms with van der Waals surface area (Å²) < 4.78 is 41.0. The molecule has 0 spiro atoms. The van der Waals surface area contributed by atoms with Crippen LogP contribution >= 0.6 is 43.5 Å². The molecular formula is C11H7Br2ClFN3O2S. The summed E-state index contributed by atoms with van der Waals surface area (Å²) in [5, 5.41) is 0.177. The van der Waals surface area contributed by atoms with Gasteiger partial charge in [0.05, 0.1) is 20.8 Å². The number of halogens is 4. The summed E-state index contributed by atoms with van der Waals surface area (Å²) in [6, 6.07) is 3.71. The maximum absolute atomic E-state index is 14.0. The highest BCUT2D eigenvalue weighted by atomic mass is 79.9. The molecule has 3 N–H and O–H groups in total. The van der Waals surface area contributed by atoms with Gasteiger partial charge in [-0.25, -0.2) is 17.8 Å². The van der Waals surface area contributed by atoms with Crippen LogP contribution in [0.3, 0.4) is 0 Å². The fourth-order valence-corrected chi connectivity index (χ4v) is 3.70. The Morgan fingerprint density at radius 3 is 2.52 bits per heavy atom. The van der Waals surface area contributed by atoms with Gasteiger partial charge in [-0.2, -0.15) is 0 Å². The minimum absolute atomic E-state index is 0.0433. The number of nitrogen functional groups attached to an aromatic ring is 1. The fraction of sp³-hybridized carbons (Fsp3) is 0. The average molecular weight is 460 g/mol. The lowest BCUT2D eigenvalue weighted by atomic mass is 10.3. The van der Waals surface area contributed by atoms with Crippen molar-refractivity contribution in [3.8, 4) is 0 Å². The number of aromatic nitrogens is 1. The number of hydrogen-bond donors (Lipinski definition) is 2. The van der Waals surface area contributed by atoms with Crippen LogP contribution in [0, 0.1) is 5.82 Å². The van der Waals surface area contributed by atoms with Crippen molar-refractivity contribution in [1.29, 1.82) is 0 Å². The van der Waals surface area contributed by atoms with Crippen LogP contribution in [-0.4, -0.2) is 13.4 Å². The van der Waals surface area contributed by atoms with Gasteiger partial charge in [-0.3, -0.25) is 4.72 Å². The third-order valence-corrected chi connectivity index (χ3v) is 5.45. The zero-order valence-corrected chi connectivity index (χ0v) is 14.8. The Hall–Kier alpha value is -0.900. The number of benzene rings is 1. The molecule has 0 aliphatic heterocycles. The van der Waals surface area contributed by atoms with Crippen LogP contribution in [-0.2, 0) is 10.0 Å². The Labute approximate surface area is 142 Å². The molecule has 0 atom stereocenters. The first kappa shape index (κ1) is 16.5. The lowest BCUT2D eigenvalue weighted by Gasteiger charge is -2.10. The topological polar surface area (TPSA) is 85.1 Å². The van der Waals surface area contributed by atoms with Gasteiger partial charge >= 0.3 is 0 Å². The minimum atomic E-state index is -4.16. The van der Waals surface area contributed by atoms with Gasteiger partial charge in [-0.15, -0.1) is 0 Å². The molecule has 112 valence electrons. The summed E-state index contributed by atoms with van der Waals surface area (Å²) in [7, 11) is -4.16. The first-order chi connectivity index (χ1) is 9.70. The van der Waals surface area contributed by atoms with Gasteiger partial charge < -0.3 is 5.73 Å². The highest BCUT2D eigenvalue weighted by Gasteiger charge is 2.22. The van der Waals surface area contributed by atoms with E-state index in [4.69, 9.17) is 17.3 Å². The summed E-state index contributed by atoms with van der Waals surface area (Å²) in [6.07, 6.45) is 1.21. The summed E-state index contributed by atoms with van der Waals surface area (Å²) in [6.45, 7) is 0. The molecule has 0 fully saturated rings. The zero-order chi connectivity index (χ0) is 15.8. The van der Waals surface area contributed by atoms with Crippen LogP contribution in [0.25, 0.3) is 0 Å². The average Bonchev–Trinajstić information content (AvgIpc) is 2.37. The van der Waals surface area contributed by atoms with Gasteiger partial charge in [-0.05, 0) is 50.1 Å². The molecule has 0 bridgehead atoms. The van der Waals surface area contributed by atoms with Gasteiger partial charge in [0, 0.05) is 5.69 Å². The molecule has 0 radical (unpaired) electrons. The Morgan fingerprint density at radius 2 is 1.90 bits per heavy atom. The van der Waals surface area contributed by atoms with Crippen LogP contribution in [0.5, 0.6) is 0 Å². The molecule has 2 rings (SSSR count). The van der Waals surface area contributed by atoms with Crippen molar-refractivity contribution in [2.24, 2.45) is 0 Å². The summed E-state index contributed by atoms with van der Waals surface area (Å²) in [5.41, 5.74) is 5.78. The lowest BCUT2D eigenvalue weighted by molar-refractivity contribution is 0.567. The summed E-state index contributed by atoms with van der Waals surface area (Å²) >= 11 is 11.7. The van der Waals surface area contributed by atoms with E-state index in [0.29, 0.717) is 4.47 Å². The third-order valence-electron chi connectivity index (χ3n) is 2.36. The highest BCUT2D eigenvalue weighted by Crippen LogP contribution is 2.29. The summed E-state index contributed by atoms with van der Waals surface area (Å²) in [5.74, 6) is -0.933. The van der Waals surface area contributed by atoms with E-state index in [1.165, 1.54) is 18.3 Å². The van der Waals surface area contributed by atoms with Crippen molar-refractivity contribution >= 4 is 64.9 Å². The van der Waals surface area contributed by atoms with Crippen LogP contribution in [0.4, 0.5) is 15.8 Å². The second-order valence-electron chi connectivity index (χ2n) is 3.92. The molecule has 2 aromatic rings. The Kier molecular flexibility index (Phi) is 4.76. The maximum atomic E-state index is 14.0. The monoisotopic (exact) mass is 457 g/mol. The molecule has 0 amide bonds. The van der Waals surface area contributed by atoms with Gasteiger partial charge in [0.1, 0.15) is 10.0 Å². The highest BCUT2D eigenvalue weighted by molar-refractivity contribution is 9.10. The predicted molar refractivity (Wildman–Crippen MR) is 86.3 cm³/mol. The molecule has 0 saturated carbocycles. The Morgan fingerprint density at radius 1 is 1.24 bits per heavy atom. The molecule has 10 heteroatoms. The van der Waals surface area contributed by atoms with Crippen molar-refractivity contribution in [3.05, 3.63) is 44.3 Å². The molecule has 21 heavy (non-hydrogen) atoms. The Bertz CT molecular complexity index is 817. The SMILES string of the molecule is Nc1cc(Br)c(F)c(S(=O)(=O)Nc2cnc(Cl)c(Br)c2)c1. The van der Waals surface area contributed by atoms with Gasteiger partial charge in [0.15, 0.2) is 5.82 Å². The van der Waals surface area contributed by atoms with Crippen LogP contribution in [0.1, 0.15) is 0 Å². The van der Waals surface area contributed by atoms with E-state index in [1.54, 1.807) is 0 Å². The second-order valence-corrected chi connectivity index (χ2v) is 7.63. The normalized spacial score (nSPS) is 11.4. The number of nitrogens with zero attached hydrogens (tertiary/aromatic N) is 1. The van der Waals surface area contributed by atoms with E-state index in [1.807, 2.05) is 0 Å². The first-order valence-corrected chi connectivity index (χ1v) is 8.74. The van der Waals surface area contributed by atoms with E-state index < -0.39 is 20.7 Å². The molecule has 1 aromatic heterocycles. The van der Waals surface area contributed by atoms with Crippen molar-refractivity contribution in [2.75, 3.05) is 10.5 Å². The van der Waals surface area contributed by atoms with Crippen molar-refractivity contribution in [1.82, 2.24) is 4.98 Å². The quantitative estimate of drug-likeness (QED) is 0.540. The van der Waals surface area contributed by atoms with E-state index >= 15 is 0 Å². The van der Waals surface area contributed by atoms with Crippen molar-refractivity contribution in [2.45, 2.75) is 4.90 Å². The molecule has 0 aliphatic rings. The van der Waals surface area contributed by atoms with Crippen molar-refractivity contribution in [3.63, 3.8) is 0 Å². The predicted octanol–water partition coefficient (Wildman–Crippen LogP) is 3.78. The second kappa shape index (κ2) is 6.07. The molecule has 1 aromatic carbocycles. The Balaban J connectivity index is 2.45. The number of hydrogen-bond acceptors (Lipinski definition) is 4. The maximum Gasteiger partial charge on any atom is 0.264 e. The molecule has 0 unspecified atom stereocenters. The number of sulfonamides is 1. The molecule has 0 saturated heterocycles. The van der Waals surface area contributed by atoms with Gasteiger partial charge in [-0.1, -0.05) is 11.6 Å². The molecule has 1 heterocycles. The smallest absolute Gasteiger partial charge is 0.264 e. The van der Waals surface area contributed by atoms with E-state index in [2.05, 4.69) is 41.6 Å². The number of pyridine rings is 1. The van der Waals surface area contributed by atoms with Crippen LogP contribution < -0.4 is 10.5 Å². The molecular weight excluding hydrogens is 452 g/mol. The number of nitrogens with one attached hydrogen (secondary N) is 1. The van der Waals surface area contributed by atoms with E-state index in [0.717, 1.165) is 6.07 Å². The number of nitrogens with two attached hydrogens (primary N) is 1. The standard InChI is InChI=1S/C11H7Br2ClFN3O2S/c12-7-1-5(16)2-9(10(7)15)21(19,20)18-6-3-8(13)11(14)17-4-6/h1-4,18H,16H2. The van der Waals surface area contributed by atoms with Gasteiger partial charge in [0.25, 0.3) is 10.0 Å². The largest absolute Gasteiger partial charge is 0.399 e. The van der Waals surface area contributed by atoms with Crippen LogP contribution in [0.2, 0.25) is 5.15 Å². The third kappa shape index (κ3) is 3.65. The number of rotatable bonds is 3. The van der Waals surface area contributed by atoms with Gasteiger partial charge in [0.2, 0.25) is 0 Å². The molecule has 0 aliphatic carbocycles. The number of anilines is 2. The molecule has 5 nitrogen and oxygen atoms in total.